The van der Waals surface area contributed by atoms with Gasteiger partial charge in [-0.15, -0.1) is 0 Å². The molecule has 28 heavy (non-hydrogen) atoms. The van der Waals surface area contributed by atoms with Gasteiger partial charge in [0, 0.05) is 37.6 Å². The summed E-state index contributed by atoms with van der Waals surface area (Å²) in [6.07, 6.45) is 3.70. The highest BCUT2D eigenvalue weighted by Gasteiger charge is 2.34. The molecule has 2 amide bonds. The maximum absolute atomic E-state index is 13.0. The van der Waals surface area contributed by atoms with Crippen LogP contribution in [0.5, 0.6) is 0 Å². The third-order valence-corrected chi connectivity index (χ3v) is 5.33. The zero-order chi connectivity index (χ0) is 20.3. The van der Waals surface area contributed by atoms with Crippen LogP contribution in [0.15, 0.2) is 42.7 Å². The standard InChI is InChI=1S/C23H29N3O2/c1-15(2)19-6-5-7-20(16(3)4)22(19)25-23(28)18-12-21(27)26(14-18)13-17-8-10-24-11-9-17/h5-11,15-16,18H,12-14H2,1-4H3,(H,25,28). The fourth-order valence-corrected chi connectivity index (χ4v) is 3.73. The number of likely N-dealkylation sites (tertiary alicyclic amines) is 1. The number of nitrogens with zero attached hydrogens (tertiary/aromatic N) is 2. The molecule has 1 aliphatic heterocycles. The highest BCUT2D eigenvalue weighted by atomic mass is 16.2. The van der Waals surface area contributed by atoms with Gasteiger partial charge in [-0.05, 0) is 40.7 Å². The van der Waals surface area contributed by atoms with Crippen molar-refractivity contribution in [1.82, 2.24) is 9.88 Å². The van der Waals surface area contributed by atoms with Gasteiger partial charge in [-0.25, -0.2) is 0 Å². The van der Waals surface area contributed by atoms with E-state index in [0.29, 0.717) is 24.9 Å². The van der Waals surface area contributed by atoms with Gasteiger partial charge in [0.1, 0.15) is 0 Å². The fraction of sp³-hybridized carbons (Fsp3) is 0.435. The Morgan fingerprint density at radius 1 is 1.11 bits per heavy atom. The lowest BCUT2D eigenvalue weighted by molar-refractivity contribution is -0.128. The molecule has 0 spiro atoms. The number of carbonyl (C=O) groups excluding carboxylic acids is 2. The minimum atomic E-state index is -0.324. The molecule has 1 aromatic heterocycles. The van der Waals surface area contributed by atoms with E-state index >= 15 is 0 Å². The van der Waals surface area contributed by atoms with Crippen LogP contribution in [0.2, 0.25) is 0 Å². The lowest BCUT2D eigenvalue weighted by Crippen LogP contribution is -2.28. The van der Waals surface area contributed by atoms with Crippen molar-refractivity contribution in [2.45, 2.75) is 52.5 Å². The van der Waals surface area contributed by atoms with Crippen LogP contribution in [0.3, 0.4) is 0 Å². The molecule has 1 unspecified atom stereocenters. The molecule has 5 nitrogen and oxygen atoms in total. The van der Waals surface area contributed by atoms with E-state index in [9.17, 15) is 9.59 Å². The molecule has 1 aromatic carbocycles. The van der Waals surface area contributed by atoms with E-state index in [2.05, 4.69) is 56.2 Å². The Hall–Kier alpha value is -2.69. The number of hydrogen-bond donors (Lipinski definition) is 1. The van der Waals surface area contributed by atoms with Crippen molar-refractivity contribution in [3.05, 3.63) is 59.4 Å². The van der Waals surface area contributed by atoms with Gasteiger partial charge in [0.2, 0.25) is 11.8 Å². The largest absolute Gasteiger partial charge is 0.338 e. The molecule has 1 aliphatic rings. The number of pyridine rings is 1. The third-order valence-electron chi connectivity index (χ3n) is 5.33. The van der Waals surface area contributed by atoms with Crippen LogP contribution in [0.1, 0.15) is 62.6 Å². The third kappa shape index (κ3) is 4.41. The second kappa shape index (κ2) is 8.55. The zero-order valence-corrected chi connectivity index (χ0v) is 17.1. The van der Waals surface area contributed by atoms with Crippen LogP contribution < -0.4 is 5.32 Å². The smallest absolute Gasteiger partial charge is 0.229 e. The second-order valence-electron chi connectivity index (χ2n) is 8.14. The van der Waals surface area contributed by atoms with Gasteiger partial charge < -0.3 is 10.2 Å². The normalized spacial score (nSPS) is 16.9. The van der Waals surface area contributed by atoms with Crippen molar-refractivity contribution < 1.29 is 9.59 Å². The monoisotopic (exact) mass is 379 g/mol. The average Bonchev–Trinajstić information content (AvgIpc) is 3.03. The van der Waals surface area contributed by atoms with Crippen LogP contribution in [-0.2, 0) is 16.1 Å². The summed E-state index contributed by atoms with van der Waals surface area (Å²) in [6.45, 7) is 9.49. The highest BCUT2D eigenvalue weighted by Crippen LogP contribution is 2.33. The Balaban J connectivity index is 1.75. The van der Waals surface area contributed by atoms with Gasteiger partial charge >= 0.3 is 0 Å². The molecule has 0 bridgehead atoms. The molecule has 1 N–H and O–H groups in total. The summed E-state index contributed by atoms with van der Waals surface area (Å²) in [4.78, 5) is 31.2. The van der Waals surface area contributed by atoms with Crippen LogP contribution in [0.4, 0.5) is 5.69 Å². The summed E-state index contributed by atoms with van der Waals surface area (Å²) in [5.41, 5.74) is 4.21. The zero-order valence-electron chi connectivity index (χ0n) is 17.1. The van der Waals surface area contributed by atoms with Crippen molar-refractivity contribution in [3.8, 4) is 0 Å². The average molecular weight is 380 g/mol. The van der Waals surface area contributed by atoms with Gasteiger partial charge in [-0.2, -0.15) is 0 Å². The molecule has 3 rings (SSSR count). The summed E-state index contributed by atoms with van der Waals surface area (Å²) in [7, 11) is 0. The van der Waals surface area contributed by atoms with E-state index in [0.717, 1.165) is 22.4 Å². The maximum Gasteiger partial charge on any atom is 0.229 e. The highest BCUT2D eigenvalue weighted by molar-refractivity contribution is 5.98. The minimum Gasteiger partial charge on any atom is -0.338 e. The summed E-state index contributed by atoms with van der Waals surface area (Å²) in [5.74, 6) is 0.248. The van der Waals surface area contributed by atoms with E-state index < -0.39 is 0 Å². The van der Waals surface area contributed by atoms with Crippen LogP contribution >= 0.6 is 0 Å². The Bertz CT molecular complexity index is 820. The molecule has 148 valence electrons. The molecule has 0 saturated carbocycles. The number of para-hydroxylation sites is 1. The number of amides is 2. The van der Waals surface area contributed by atoms with Crippen molar-refractivity contribution in [1.29, 1.82) is 0 Å². The first-order chi connectivity index (χ1) is 13.4. The quantitative estimate of drug-likeness (QED) is 0.813. The lowest BCUT2D eigenvalue weighted by atomic mass is 9.92. The summed E-state index contributed by atoms with van der Waals surface area (Å²) in [5, 5.41) is 3.16. The van der Waals surface area contributed by atoms with Gasteiger partial charge in [0.15, 0.2) is 0 Å². The fourth-order valence-electron chi connectivity index (χ4n) is 3.73. The van der Waals surface area contributed by atoms with Crippen molar-refractivity contribution in [3.63, 3.8) is 0 Å². The number of benzene rings is 1. The molecule has 1 atom stereocenters. The van der Waals surface area contributed by atoms with Crippen molar-refractivity contribution >= 4 is 17.5 Å². The molecule has 1 saturated heterocycles. The molecule has 2 heterocycles. The first-order valence-corrected chi connectivity index (χ1v) is 9.97. The predicted octanol–water partition coefficient (Wildman–Crippen LogP) is 4.32. The van der Waals surface area contributed by atoms with Gasteiger partial charge in [0.25, 0.3) is 0 Å². The van der Waals surface area contributed by atoms with Gasteiger partial charge in [-0.3, -0.25) is 14.6 Å². The minimum absolute atomic E-state index is 0.0261. The van der Waals surface area contributed by atoms with E-state index in [-0.39, 0.29) is 24.2 Å². The second-order valence-corrected chi connectivity index (χ2v) is 8.14. The van der Waals surface area contributed by atoms with Gasteiger partial charge in [0.05, 0.1) is 5.92 Å². The van der Waals surface area contributed by atoms with E-state index in [1.165, 1.54) is 0 Å². The number of hydrogen-bond acceptors (Lipinski definition) is 3. The van der Waals surface area contributed by atoms with Crippen LogP contribution in [0, 0.1) is 5.92 Å². The van der Waals surface area contributed by atoms with Crippen LogP contribution in [0.25, 0.3) is 0 Å². The Morgan fingerprint density at radius 3 is 2.29 bits per heavy atom. The van der Waals surface area contributed by atoms with E-state index in [4.69, 9.17) is 0 Å². The lowest BCUT2D eigenvalue weighted by Gasteiger charge is -2.21. The molecule has 1 fully saturated rings. The topological polar surface area (TPSA) is 62.3 Å². The van der Waals surface area contributed by atoms with Crippen molar-refractivity contribution in [2.24, 2.45) is 5.92 Å². The molecular formula is C23H29N3O2. The first-order valence-electron chi connectivity index (χ1n) is 9.97. The van der Waals surface area contributed by atoms with Gasteiger partial charge in [-0.1, -0.05) is 45.9 Å². The molecule has 5 heteroatoms. The SMILES string of the molecule is CC(C)c1cccc(C(C)C)c1NC(=O)C1CC(=O)N(Cc2ccncc2)C1. The number of anilines is 1. The summed E-state index contributed by atoms with van der Waals surface area (Å²) >= 11 is 0. The Labute approximate surface area is 167 Å². The number of nitrogens with one attached hydrogen (secondary N) is 1. The number of rotatable bonds is 6. The van der Waals surface area contributed by atoms with E-state index in [1.807, 2.05) is 12.1 Å². The predicted molar refractivity (Wildman–Crippen MR) is 111 cm³/mol. The van der Waals surface area contributed by atoms with Crippen LogP contribution in [-0.4, -0.2) is 28.2 Å². The number of aromatic nitrogens is 1. The maximum atomic E-state index is 13.0. The van der Waals surface area contributed by atoms with E-state index in [1.54, 1.807) is 17.3 Å². The summed E-state index contributed by atoms with van der Waals surface area (Å²) in [6, 6.07) is 9.99. The Kier molecular flexibility index (Phi) is 6.12. The molecular weight excluding hydrogens is 350 g/mol. The number of carbonyl (C=O) groups is 2. The molecule has 0 aliphatic carbocycles. The molecule has 0 radical (unpaired) electrons. The van der Waals surface area contributed by atoms with Crippen molar-refractivity contribution in [2.75, 3.05) is 11.9 Å². The summed E-state index contributed by atoms with van der Waals surface area (Å²) < 4.78 is 0. The Morgan fingerprint density at radius 2 is 1.71 bits per heavy atom. The molecule has 2 aromatic rings. The first kappa shape index (κ1) is 20.1.